The van der Waals surface area contributed by atoms with E-state index in [1.165, 1.54) is 12.1 Å². The molecule has 3 aromatic rings. The van der Waals surface area contributed by atoms with Gasteiger partial charge in [-0.05, 0) is 51.0 Å². The van der Waals surface area contributed by atoms with Gasteiger partial charge in [0.15, 0.2) is 0 Å². The number of halogens is 1. The van der Waals surface area contributed by atoms with Gasteiger partial charge in [0.05, 0.1) is 10.6 Å². The van der Waals surface area contributed by atoms with Gasteiger partial charge in [-0.25, -0.2) is 10.2 Å². The van der Waals surface area contributed by atoms with E-state index in [4.69, 9.17) is 20.8 Å². The largest absolute Gasteiger partial charge is 0.453 e. The first-order valence-corrected chi connectivity index (χ1v) is 10.8. The number of amides is 1. The van der Waals surface area contributed by atoms with E-state index in [9.17, 15) is 19.7 Å². The predicted molar refractivity (Wildman–Crippen MR) is 125 cm³/mol. The molecule has 0 atom stereocenters. The lowest BCUT2D eigenvalue weighted by atomic mass is 9.93. The van der Waals surface area contributed by atoms with E-state index in [1.54, 1.807) is 19.1 Å². The summed E-state index contributed by atoms with van der Waals surface area (Å²) in [6, 6.07) is 10.8. The van der Waals surface area contributed by atoms with Crippen LogP contribution in [0.25, 0.3) is 0 Å². The maximum Gasteiger partial charge on any atom is 0.379 e. The second-order valence-corrected chi connectivity index (χ2v) is 8.24. The number of nitro benzene ring substituents is 1. The minimum Gasteiger partial charge on any atom is -0.453 e. The first-order chi connectivity index (χ1) is 16.2. The number of nitro groups is 1. The highest BCUT2D eigenvalue weighted by molar-refractivity contribution is 6.32. The Hall–Kier alpha value is -3.98. The van der Waals surface area contributed by atoms with Crippen molar-refractivity contribution in [1.29, 1.82) is 0 Å². The molecular weight excluding hydrogens is 462 g/mol. The SMILES string of the molecule is Cc1ccc(OC(=O)c2oc3c(c2C)/C(=N/NC(=O)c2ccc(Cl)c([N+](=O)[O-])c2)CCC3)cc1. The summed E-state index contributed by atoms with van der Waals surface area (Å²) in [5.41, 5.74) is 4.92. The number of aryl methyl sites for hydroxylation is 2. The summed E-state index contributed by atoms with van der Waals surface area (Å²) in [5, 5.41) is 15.2. The maximum atomic E-state index is 12.7. The highest BCUT2D eigenvalue weighted by Gasteiger charge is 2.29. The number of esters is 1. The molecule has 10 heteroatoms. The quantitative estimate of drug-likeness (QED) is 0.232. The van der Waals surface area contributed by atoms with Crippen LogP contribution in [0.4, 0.5) is 5.69 Å². The molecule has 34 heavy (non-hydrogen) atoms. The van der Waals surface area contributed by atoms with E-state index in [2.05, 4.69) is 10.5 Å². The van der Waals surface area contributed by atoms with E-state index >= 15 is 0 Å². The van der Waals surface area contributed by atoms with Crippen LogP contribution in [0.1, 0.15) is 56.2 Å². The van der Waals surface area contributed by atoms with E-state index < -0.39 is 16.8 Å². The first-order valence-electron chi connectivity index (χ1n) is 10.5. The molecule has 0 unspecified atom stereocenters. The number of carbonyl (C=O) groups is 2. The molecule has 0 fully saturated rings. The van der Waals surface area contributed by atoms with Crippen LogP contribution in [0.3, 0.4) is 0 Å². The molecule has 1 aromatic heterocycles. The first kappa shape index (κ1) is 23.2. The molecule has 0 radical (unpaired) electrons. The zero-order chi connectivity index (χ0) is 24.4. The summed E-state index contributed by atoms with van der Waals surface area (Å²) in [6.07, 6.45) is 1.89. The number of hydrogen-bond acceptors (Lipinski definition) is 7. The van der Waals surface area contributed by atoms with Crippen molar-refractivity contribution in [3.63, 3.8) is 0 Å². The van der Waals surface area contributed by atoms with Crippen molar-refractivity contribution in [3.05, 3.63) is 91.4 Å². The van der Waals surface area contributed by atoms with Crippen molar-refractivity contribution >= 4 is 34.9 Å². The molecule has 1 aliphatic rings. The number of rotatable bonds is 5. The third kappa shape index (κ3) is 4.69. The van der Waals surface area contributed by atoms with E-state index in [0.29, 0.717) is 47.6 Å². The van der Waals surface area contributed by atoms with Crippen LogP contribution in [0.2, 0.25) is 5.02 Å². The number of nitrogens with zero attached hydrogens (tertiary/aromatic N) is 2. The fraction of sp³-hybridized carbons (Fsp3) is 0.208. The van der Waals surface area contributed by atoms with Crippen LogP contribution in [0.5, 0.6) is 5.75 Å². The van der Waals surface area contributed by atoms with Crippen molar-refractivity contribution in [3.8, 4) is 5.75 Å². The number of nitrogens with one attached hydrogen (secondary N) is 1. The molecule has 0 aliphatic heterocycles. The summed E-state index contributed by atoms with van der Waals surface area (Å²) < 4.78 is 11.3. The molecule has 2 aromatic carbocycles. The average molecular weight is 482 g/mol. The number of fused-ring (bicyclic) bond motifs is 1. The van der Waals surface area contributed by atoms with E-state index in [-0.39, 0.29) is 22.0 Å². The van der Waals surface area contributed by atoms with Gasteiger partial charge in [0.25, 0.3) is 11.6 Å². The zero-order valence-corrected chi connectivity index (χ0v) is 19.1. The molecule has 9 nitrogen and oxygen atoms in total. The van der Waals surface area contributed by atoms with Gasteiger partial charge in [0, 0.05) is 29.2 Å². The number of furan rings is 1. The molecular formula is C24H20ClN3O6. The Morgan fingerprint density at radius 1 is 1.15 bits per heavy atom. The van der Waals surface area contributed by atoms with Gasteiger partial charge in [-0.1, -0.05) is 29.3 Å². The molecule has 1 N–H and O–H groups in total. The molecule has 1 amide bonds. The number of hydrazone groups is 1. The Morgan fingerprint density at radius 3 is 2.59 bits per heavy atom. The molecule has 1 heterocycles. The van der Waals surface area contributed by atoms with Gasteiger partial charge in [-0.15, -0.1) is 0 Å². The summed E-state index contributed by atoms with van der Waals surface area (Å²) in [5.74, 6) is -0.163. The Bertz CT molecular complexity index is 1330. The lowest BCUT2D eigenvalue weighted by molar-refractivity contribution is -0.384. The third-order valence-electron chi connectivity index (χ3n) is 5.44. The van der Waals surface area contributed by atoms with Crippen LogP contribution < -0.4 is 10.2 Å². The fourth-order valence-corrected chi connectivity index (χ4v) is 3.90. The average Bonchev–Trinajstić information content (AvgIpc) is 3.16. The van der Waals surface area contributed by atoms with Crippen molar-refractivity contribution < 1.29 is 23.7 Å². The fourth-order valence-electron chi connectivity index (χ4n) is 3.71. The minimum atomic E-state index is -0.662. The minimum absolute atomic E-state index is 0.0442. The maximum absolute atomic E-state index is 12.7. The van der Waals surface area contributed by atoms with Gasteiger partial charge in [-0.2, -0.15) is 5.10 Å². The second kappa shape index (κ2) is 9.48. The van der Waals surface area contributed by atoms with Crippen molar-refractivity contribution in [2.45, 2.75) is 33.1 Å². The summed E-state index contributed by atoms with van der Waals surface area (Å²) in [4.78, 5) is 35.7. The molecule has 0 spiro atoms. The molecule has 174 valence electrons. The highest BCUT2D eigenvalue weighted by Crippen LogP contribution is 2.31. The van der Waals surface area contributed by atoms with Crippen molar-refractivity contribution in [1.82, 2.24) is 5.43 Å². The van der Waals surface area contributed by atoms with Crippen LogP contribution in [-0.4, -0.2) is 22.5 Å². The van der Waals surface area contributed by atoms with Crippen LogP contribution in [0.15, 0.2) is 52.0 Å². The van der Waals surface area contributed by atoms with Crippen molar-refractivity contribution in [2.24, 2.45) is 5.10 Å². The topological polar surface area (TPSA) is 124 Å². The number of hydrogen-bond donors (Lipinski definition) is 1. The van der Waals surface area contributed by atoms with Gasteiger partial charge < -0.3 is 9.15 Å². The number of carbonyl (C=O) groups excluding carboxylic acids is 2. The number of ether oxygens (including phenoxy) is 1. The van der Waals surface area contributed by atoms with Crippen molar-refractivity contribution in [2.75, 3.05) is 0 Å². The van der Waals surface area contributed by atoms with Crippen LogP contribution in [0, 0.1) is 24.0 Å². The normalized spacial score (nSPS) is 13.9. The summed E-state index contributed by atoms with van der Waals surface area (Å²) in [6.45, 7) is 3.67. The lowest BCUT2D eigenvalue weighted by Gasteiger charge is -2.13. The number of benzene rings is 2. The lowest BCUT2D eigenvalue weighted by Crippen LogP contribution is -2.22. The molecule has 0 saturated carbocycles. The van der Waals surface area contributed by atoms with Gasteiger partial charge in [0.1, 0.15) is 16.5 Å². The van der Waals surface area contributed by atoms with Crippen LogP contribution >= 0.6 is 11.6 Å². The van der Waals surface area contributed by atoms with Crippen LogP contribution in [-0.2, 0) is 6.42 Å². The van der Waals surface area contributed by atoms with Gasteiger partial charge >= 0.3 is 5.97 Å². The molecule has 0 bridgehead atoms. The van der Waals surface area contributed by atoms with E-state index in [0.717, 1.165) is 11.6 Å². The summed E-state index contributed by atoms with van der Waals surface area (Å²) >= 11 is 5.81. The second-order valence-electron chi connectivity index (χ2n) is 7.83. The smallest absolute Gasteiger partial charge is 0.379 e. The highest BCUT2D eigenvalue weighted by atomic mass is 35.5. The monoisotopic (exact) mass is 481 g/mol. The third-order valence-corrected chi connectivity index (χ3v) is 5.76. The Kier molecular flexibility index (Phi) is 6.47. The Balaban J connectivity index is 1.56. The van der Waals surface area contributed by atoms with E-state index in [1.807, 2.05) is 19.1 Å². The molecule has 4 rings (SSSR count). The molecule has 0 saturated heterocycles. The summed E-state index contributed by atoms with van der Waals surface area (Å²) in [7, 11) is 0. The zero-order valence-electron chi connectivity index (χ0n) is 18.4. The predicted octanol–water partition coefficient (Wildman–Crippen LogP) is 5.15. The Morgan fingerprint density at radius 2 is 1.88 bits per heavy atom. The van der Waals surface area contributed by atoms with Gasteiger partial charge in [-0.3, -0.25) is 14.9 Å². The Labute approximate surface area is 199 Å². The standard InChI is InChI=1S/C24H20ClN3O6/c1-13-6-9-16(10-7-13)33-24(30)22-14(2)21-18(4-3-5-20(21)34-22)26-27-23(29)15-8-11-17(25)19(12-15)28(31)32/h6-12H,3-5H2,1-2H3,(H,27,29)/b26-18+. The van der Waals surface area contributed by atoms with Gasteiger partial charge in [0.2, 0.25) is 5.76 Å². The molecule has 1 aliphatic carbocycles.